The maximum Gasteiger partial charge on any atom is 0.339 e. The first-order chi connectivity index (χ1) is 57.3. The molecule has 122 heavy (non-hydrogen) atoms. The summed E-state index contributed by atoms with van der Waals surface area (Å²) >= 11 is 0. The molecule has 0 saturated carbocycles. The molecular weight excluding hydrogens is 1650 g/mol. The number of carbonyl (C=O) groups excluding carboxylic acids is 9. The van der Waals surface area contributed by atoms with Gasteiger partial charge < -0.3 is 175 Å². The lowest BCUT2D eigenvalue weighted by Crippen LogP contribution is -2.63. The van der Waals surface area contributed by atoms with Crippen molar-refractivity contribution in [3.05, 3.63) is 142 Å². The van der Waals surface area contributed by atoms with Crippen LogP contribution in [-0.4, -0.2) is 251 Å². The number of carbonyl (C=O) groups is 9. The van der Waals surface area contributed by atoms with Gasteiger partial charge in [-0.1, -0.05) is 13.8 Å². The van der Waals surface area contributed by atoms with E-state index in [2.05, 4.69) is 0 Å². The molecule has 46 nitrogen and oxygen atoms in total. The predicted molar refractivity (Wildman–Crippen MR) is 387 cm³/mol. The van der Waals surface area contributed by atoms with Gasteiger partial charge in [-0.25, -0.2) is 43.3 Å². The normalized spacial score (nSPS) is 16.4. The topological polar surface area (TPSA) is 759 Å². The van der Waals surface area contributed by atoms with Crippen LogP contribution >= 0.6 is 0 Å². The summed E-state index contributed by atoms with van der Waals surface area (Å²) in [6.45, 7) is -1.98. The second-order valence-corrected chi connectivity index (χ2v) is 26.4. The Balaban J connectivity index is 1.11. The van der Waals surface area contributed by atoms with Crippen molar-refractivity contribution in [2.75, 3.05) is 19.8 Å². The maximum atomic E-state index is 14.9. The number of hydrogen-bond donors (Lipinski definition) is 24. The standard InChI is InChI=1S/C76H70O46/c1-25(66(101)120-75(27(3)122-113-21-28-5-36(77)55(93)37(78)6-28)115-53(23-111-69(104)30-9-40(81)57(95)41(82)10-30)52(114-71(106)32-13-44(85)59(97)45(86)14-32)22-110-68(103)29-7-38(79)56(94)39(80)8-29)4-26(2)67(102)121-76-65(119-74(109)35-19-50(91)62(100)51(92)20-35)64(118-73(108)34-17-48(89)61(99)49(90)18-34)63(117-72(107)33-15-46(87)60(98)47(88)16-33)54(116-76)24-112-70(105)31-11-42(83)58(96)43(84)12-31/h5-20,25-27,52-54,63-65,75-100H,4,21-24H2,1-3H3/t25?,26?,27?,52-,53?,54?,63+,64?,65?,75-,76-/m0/s1. The number of aromatic hydroxyl groups is 24. The van der Waals surface area contributed by atoms with Gasteiger partial charge in [0.2, 0.25) is 18.7 Å². The van der Waals surface area contributed by atoms with Crippen molar-refractivity contribution < 1.29 is 228 Å². The highest BCUT2D eigenvalue weighted by Crippen LogP contribution is 2.45. The summed E-state index contributed by atoms with van der Waals surface area (Å²) in [4.78, 5) is 139. The number of phenols is 24. The lowest BCUT2D eigenvalue weighted by Gasteiger charge is -2.44. The minimum Gasteiger partial charge on any atom is -0.504 e. The Labute approximate surface area is 679 Å². The fraction of sp³-hybridized carbons (Fsp3) is 0.250. The molecule has 0 amide bonds. The summed E-state index contributed by atoms with van der Waals surface area (Å²) in [5, 5.41) is 247. The van der Waals surface area contributed by atoms with Crippen molar-refractivity contribution in [3.8, 4) is 138 Å². The van der Waals surface area contributed by atoms with Gasteiger partial charge >= 0.3 is 53.7 Å². The zero-order valence-corrected chi connectivity index (χ0v) is 62.3. The van der Waals surface area contributed by atoms with Gasteiger partial charge in [-0.3, -0.25) is 9.59 Å². The molecule has 1 fully saturated rings. The Morgan fingerprint density at radius 2 is 0.607 bits per heavy atom. The molecule has 24 N–H and O–H groups in total. The van der Waals surface area contributed by atoms with Crippen molar-refractivity contribution in [1.82, 2.24) is 0 Å². The second kappa shape index (κ2) is 37.5. The Morgan fingerprint density at radius 3 is 0.959 bits per heavy atom. The SMILES string of the molecule is CC(CC(C)C(=O)O[C@@H]1OC(COC(=O)c2cc(O)c(O)c(O)c2)[C@@H](OC(=O)c2cc(O)c(O)c(O)c2)C(OC(=O)c2cc(O)c(O)c(O)c2)C1OC(=O)c1cc(O)c(O)c(O)c1)C(=O)O[C@H](OC(COC(=O)c1cc(O)c(O)c(O)c1)[C@H](COC(=O)c1cc(O)c(O)c(O)c1)OC(=O)c1cc(O)c(O)c(O)c1)C(C)OOCc1cc(O)c(O)c(O)c1. The lowest BCUT2D eigenvalue weighted by atomic mass is 9.96. The molecule has 7 unspecified atom stereocenters. The van der Waals surface area contributed by atoms with E-state index in [1.807, 2.05) is 0 Å². The summed E-state index contributed by atoms with van der Waals surface area (Å²) in [5.41, 5.74) is -6.09. The van der Waals surface area contributed by atoms with E-state index >= 15 is 0 Å². The summed E-state index contributed by atoms with van der Waals surface area (Å²) < 4.78 is 62.9. The molecule has 1 aliphatic rings. The number of ether oxygens (including phenoxy) is 11. The average Bonchev–Trinajstić information content (AvgIpc) is 0.764. The van der Waals surface area contributed by atoms with Crippen LogP contribution in [0.2, 0.25) is 0 Å². The van der Waals surface area contributed by atoms with Crippen LogP contribution < -0.4 is 0 Å². The quantitative estimate of drug-likeness (QED) is 0.00725. The van der Waals surface area contributed by atoms with Gasteiger partial charge in [-0.2, -0.15) is 0 Å². The molecule has 1 heterocycles. The van der Waals surface area contributed by atoms with Crippen LogP contribution in [0.5, 0.6) is 138 Å². The second-order valence-electron chi connectivity index (χ2n) is 26.4. The minimum absolute atomic E-state index is 0.166. The van der Waals surface area contributed by atoms with Crippen molar-refractivity contribution in [2.45, 2.75) is 89.1 Å². The summed E-state index contributed by atoms with van der Waals surface area (Å²) in [7, 11) is 0. The van der Waals surface area contributed by atoms with Gasteiger partial charge in [0.05, 0.1) is 50.8 Å². The third-order valence-corrected chi connectivity index (χ3v) is 17.5. The first kappa shape index (κ1) is 90.0. The fourth-order valence-corrected chi connectivity index (χ4v) is 11.1. The molecule has 8 aromatic carbocycles. The average molecular weight is 1720 g/mol. The Morgan fingerprint density at radius 1 is 0.320 bits per heavy atom. The summed E-state index contributed by atoms with van der Waals surface area (Å²) in [5.74, 6) is -45.8. The van der Waals surface area contributed by atoms with Crippen molar-refractivity contribution >= 4 is 53.7 Å². The van der Waals surface area contributed by atoms with Gasteiger partial charge in [0.1, 0.15) is 38.6 Å². The third-order valence-electron chi connectivity index (χ3n) is 17.5. The van der Waals surface area contributed by atoms with Crippen LogP contribution in [0.3, 0.4) is 0 Å². The molecule has 1 saturated heterocycles. The molecule has 11 atom stereocenters. The lowest BCUT2D eigenvalue weighted by molar-refractivity contribution is -0.368. The van der Waals surface area contributed by atoms with Crippen LogP contribution in [0.25, 0.3) is 0 Å². The van der Waals surface area contributed by atoms with E-state index in [0.717, 1.165) is 32.9 Å². The van der Waals surface area contributed by atoms with E-state index in [1.165, 1.54) is 0 Å². The number of hydrogen-bond acceptors (Lipinski definition) is 46. The van der Waals surface area contributed by atoms with Crippen molar-refractivity contribution in [2.24, 2.45) is 11.8 Å². The van der Waals surface area contributed by atoms with Crippen LogP contribution in [0.15, 0.2) is 97.1 Å². The minimum atomic E-state index is -2.76. The summed E-state index contributed by atoms with van der Waals surface area (Å²) in [6, 6.07) is 8.94. The first-order valence-electron chi connectivity index (χ1n) is 34.6. The van der Waals surface area contributed by atoms with Crippen LogP contribution in [0.4, 0.5) is 0 Å². The molecule has 1 aliphatic heterocycles. The monoisotopic (exact) mass is 1720 g/mol. The molecule has 46 heteroatoms. The van der Waals surface area contributed by atoms with E-state index in [4.69, 9.17) is 61.9 Å². The maximum absolute atomic E-state index is 14.9. The molecule has 9 rings (SSSR count). The molecular formula is C76H70O46. The van der Waals surface area contributed by atoms with Gasteiger partial charge in [-0.15, -0.1) is 0 Å². The number of phenolic OH excluding ortho intramolecular Hbond substituents is 24. The highest BCUT2D eigenvalue weighted by atomic mass is 17.2. The smallest absolute Gasteiger partial charge is 0.339 e. The zero-order chi connectivity index (χ0) is 90.1. The number of esters is 9. The molecule has 0 bridgehead atoms. The predicted octanol–water partition coefficient (Wildman–Crippen LogP) is 4.12. The highest BCUT2D eigenvalue weighted by molar-refractivity contribution is 5.96. The van der Waals surface area contributed by atoms with Gasteiger partial charge in [0, 0.05) is 0 Å². The number of rotatable bonds is 31. The van der Waals surface area contributed by atoms with Gasteiger partial charge in [0.25, 0.3) is 0 Å². The molecule has 0 spiro atoms. The third kappa shape index (κ3) is 21.1. The van der Waals surface area contributed by atoms with Crippen molar-refractivity contribution in [1.29, 1.82) is 0 Å². The summed E-state index contributed by atoms with van der Waals surface area (Å²) in [6.07, 6.45) is -23.3. The van der Waals surface area contributed by atoms with Crippen LogP contribution in [0, 0.1) is 11.8 Å². The zero-order valence-electron chi connectivity index (χ0n) is 62.3. The van der Waals surface area contributed by atoms with E-state index in [0.29, 0.717) is 84.9 Å². The Hall–Kier alpha value is -16.0. The van der Waals surface area contributed by atoms with Gasteiger partial charge in [0.15, 0.2) is 162 Å². The van der Waals surface area contributed by atoms with E-state index in [-0.39, 0.29) is 5.56 Å². The van der Waals surface area contributed by atoms with Crippen LogP contribution in [0.1, 0.15) is 105 Å². The van der Waals surface area contributed by atoms with E-state index in [9.17, 15) is 166 Å². The number of benzene rings is 8. The van der Waals surface area contributed by atoms with E-state index < -0.39 is 331 Å². The molecule has 0 aliphatic carbocycles. The Kier molecular flexibility index (Phi) is 27.7. The van der Waals surface area contributed by atoms with Gasteiger partial charge in [-0.05, 0) is 116 Å². The highest BCUT2D eigenvalue weighted by Gasteiger charge is 2.55. The first-order valence-corrected chi connectivity index (χ1v) is 34.6. The fourth-order valence-electron chi connectivity index (χ4n) is 11.1. The van der Waals surface area contributed by atoms with Crippen molar-refractivity contribution in [3.63, 3.8) is 0 Å². The Bertz CT molecular complexity index is 5200. The molecule has 8 aromatic rings. The molecule has 650 valence electrons. The van der Waals surface area contributed by atoms with Crippen LogP contribution in [-0.2, 0) is 78.1 Å². The molecule has 0 radical (unpaired) electrons. The largest absolute Gasteiger partial charge is 0.504 e. The van der Waals surface area contributed by atoms with E-state index in [1.54, 1.807) is 0 Å². The molecule has 0 aromatic heterocycles.